The van der Waals surface area contributed by atoms with E-state index < -0.39 is 0 Å². The number of hydrogen-bond donors (Lipinski definition) is 1. The normalized spacial score (nSPS) is 31.3. The summed E-state index contributed by atoms with van der Waals surface area (Å²) in [6.45, 7) is 2.23. The lowest BCUT2D eigenvalue weighted by molar-refractivity contribution is 0.242. The molecule has 2 saturated heterocycles. The number of fused-ring (bicyclic) bond motifs is 2. The van der Waals surface area contributed by atoms with Crippen LogP contribution in [-0.2, 0) is 6.54 Å². The van der Waals surface area contributed by atoms with E-state index >= 15 is 0 Å². The zero-order chi connectivity index (χ0) is 11.7. The zero-order valence-corrected chi connectivity index (χ0v) is 10.5. The van der Waals surface area contributed by atoms with E-state index in [0.717, 1.165) is 24.5 Å². The number of rotatable bonds is 4. The first-order chi connectivity index (χ1) is 8.31. The van der Waals surface area contributed by atoms with E-state index in [0.29, 0.717) is 0 Å². The summed E-state index contributed by atoms with van der Waals surface area (Å²) in [5, 5.41) is 3.71. The van der Waals surface area contributed by atoms with Crippen molar-refractivity contribution in [1.82, 2.24) is 15.2 Å². The molecule has 1 N–H and O–H groups in total. The van der Waals surface area contributed by atoms with Gasteiger partial charge < -0.3 is 10.2 Å². The van der Waals surface area contributed by atoms with Gasteiger partial charge in [0, 0.05) is 37.6 Å². The highest BCUT2D eigenvalue weighted by Crippen LogP contribution is 2.33. The predicted octanol–water partition coefficient (Wildman–Crippen LogP) is 1.65. The fraction of sp³-hybridized carbons (Fsp3) is 0.643. The molecule has 3 heteroatoms. The molecule has 3 atom stereocenters. The molecule has 0 aliphatic carbocycles. The fourth-order valence-corrected chi connectivity index (χ4v) is 3.41. The molecule has 1 aromatic heterocycles. The van der Waals surface area contributed by atoms with Gasteiger partial charge in [-0.1, -0.05) is 6.07 Å². The van der Waals surface area contributed by atoms with Crippen LogP contribution >= 0.6 is 0 Å². The van der Waals surface area contributed by atoms with Gasteiger partial charge in [0.1, 0.15) is 0 Å². The molecule has 92 valence electrons. The van der Waals surface area contributed by atoms with Crippen molar-refractivity contribution in [3.63, 3.8) is 0 Å². The third-order valence-corrected chi connectivity index (χ3v) is 4.15. The van der Waals surface area contributed by atoms with Crippen molar-refractivity contribution in [3.8, 4) is 0 Å². The van der Waals surface area contributed by atoms with E-state index in [1.165, 1.54) is 31.4 Å². The van der Waals surface area contributed by atoms with Crippen LogP contribution in [0.4, 0.5) is 0 Å². The first kappa shape index (κ1) is 11.2. The van der Waals surface area contributed by atoms with Crippen molar-refractivity contribution in [2.24, 2.45) is 5.92 Å². The molecule has 0 spiro atoms. The Morgan fingerprint density at radius 2 is 2.41 bits per heavy atom. The quantitative estimate of drug-likeness (QED) is 0.854. The molecule has 0 saturated carbocycles. The lowest BCUT2D eigenvalue weighted by Gasteiger charge is -2.26. The maximum Gasteiger partial charge on any atom is 0.0312 e. The van der Waals surface area contributed by atoms with E-state index in [1.54, 1.807) is 0 Å². The lowest BCUT2D eigenvalue weighted by atomic mass is 9.89. The second-order valence-corrected chi connectivity index (χ2v) is 5.60. The van der Waals surface area contributed by atoms with Crippen LogP contribution in [0.25, 0.3) is 0 Å². The fourth-order valence-electron chi connectivity index (χ4n) is 3.41. The van der Waals surface area contributed by atoms with E-state index in [4.69, 9.17) is 0 Å². The van der Waals surface area contributed by atoms with Crippen molar-refractivity contribution in [3.05, 3.63) is 30.1 Å². The van der Waals surface area contributed by atoms with Gasteiger partial charge in [0.25, 0.3) is 0 Å². The van der Waals surface area contributed by atoms with Crippen molar-refractivity contribution >= 4 is 0 Å². The summed E-state index contributed by atoms with van der Waals surface area (Å²) in [5.41, 5.74) is 1.31. The standard InChI is InChI=1S/C14H21N3/c1-17(9-11-3-2-6-15-8-11)10-12-7-13-4-5-14(12)16-13/h2-3,6,8,12-14,16H,4-5,7,9-10H2,1H3. The molecule has 2 aliphatic rings. The van der Waals surface area contributed by atoms with Crippen molar-refractivity contribution < 1.29 is 0 Å². The first-order valence-corrected chi connectivity index (χ1v) is 6.65. The summed E-state index contributed by atoms with van der Waals surface area (Å²) >= 11 is 0. The molecule has 1 aromatic rings. The van der Waals surface area contributed by atoms with Gasteiger partial charge in [0.15, 0.2) is 0 Å². The second-order valence-electron chi connectivity index (χ2n) is 5.60. The summed E-state index contributed by atoms with van der Waals surface area (Å²) in [4.78, 5) is 6.60. The van der Waals surface area contributed by atoms with Crippen molar-refractivity contribution in [1.29, 1.82) is 0 Å². The third-order valence-electron chi connectivity index (χ3n) is 4.15. The maximum atomic E-state index is 4.17. The minimum Gasteiger partial charge on any atom is -0.311 e. The van der Waals surface area contributed by atoms with Crippen LogP contribution in [0, 0.1) is 5.92 Å². The zero-order valence-electron chi connectivity index (χ0n) is 10.5. The molecular weight excluding hydrogens is 210 g/mol. The van der Waals surface area contributed by atoms with Gasteiger partial charge in [-0.05, 0) is 43.9 Å². The number of aromatic nitrogens is 1. The minimum atomic E-state index is 0.788. The van der Waals surface area contributed by atoms with Gasteiger partial charge in [-0.25, -0.2) is 0 Å². The molecule has 0 radical (unpaired) electrons. The van der Waals surface area contributed by atoms with E-state index in [2.05, 4.69) is 28.3 Å². The van der Waals surface area contributed by atoms with Gasteiger partial charge in [-0.15, -0.1) is 0 Å². The number of pyridine rings is 1. The van der Waals surface area contributed by atoms with Crippen LogP contribution < -0.4 is 5.32 Å². The van der Waals surface area contributed by atoms with Crippen LogP contribution in [0.3, 0.4) is 0 Å². The average Bonchev–Trinajstić information content (AvgIpc) is 2.92. The monoisotopic (exact) mass is 231 g/mol. The first-order valence-electron chi connectivity index (χ1n) is 6.65. The topological polar surface area (TPSA) is 28.2 Å². The van der Waals surface area contributed by atoms with Crippen LogP contribution in [0.2, 0.25) is 0 Å². The Kier molecular flexibility index (Phi) is 3.12. The molecule has 3 heterocycles. The minimum absolute atomic E-state index is 0.788. The summed E-state index contributed by atoms with van der Waals surface area (Å²) in [6, 6.07) is 5.78. The van der Waals surface area contributed by atoms with Crippen LogP contribution in [0.15, 0.2) is 24.5 Å². The highest BCUT2D eigenvalue weighted by molar-refractivity contribution is 5.08. The summed E-state index contributed by atoms with van der Waals surface area (Å²) in [7, 11) is 2.22. The van der Waals surface area contributed by atoms with Crippen LogP contribution in [-0.4, -0.2) is 35.6 Å². The number of nitrogens with one attached hydrogen (secondary N) is 1. The Bertz CT molecular complexity index is 365. The highest BCUT2D eigenvalue weighted by Gasteiger charge is 2.38. The molecule has 2 bridgehead atoms. The molecular formula is C14H21N3. The van der Waals surface area contributed by atoms with E-state index in [9.17, 15) is 0 Å². The number of nitrogens with zero attached hydrogens (tertiary/aromatic N) is 2. The van der Waals surface area contributed by atoms with Gasteiger partial charge >= 0.3 is 0 Å². The average molecular weight is 231 g/mol. The summed E-state index contributed by atoms with van der Waals surface area (Å²) in [5.74, 6) is 0.857. The molecule has 2 aliphatic heterocycles. The largest absolute Gasteiger partial charge is 0.311 e. The van der Waals surface area contributed by atoms with Gasteiger partial charge in [0.2, 0.25) is 0 Å². The Hall–Kier alpha value is -0.930. The molecule has 0 amide bonds. The summed E-state index contributed by atoms with van der Waals surface area (Å²) in [6.07, 6.45) is 7.96. The molecule has 3 rings (SSSR count). The Labute approximate surface area is 103 Å². The lowest BCUT2D eigenvalue weighted by Crippen LogP contribution is -2.32. The van der Waals surface area contributed by atoms with Gasteiger partial charge in [-0.3, -0.25) is 4.98 Å². The van der Waals surface area contributed by atoms with E-state index in [-0.39, 0.29) is 0 Å². The molecule has 3 unspecified atom stereocenters. The molecule has 0 aromatic carbocycles. The van der Waals surface area contributed by atoms with E-state index in [1.807, 2.05) is 18.5 Å². The number of hydrogen-bond acceptors (Lipinski definition) is 3. The maximum absolute atomic E-state index is 4.17. The van der Waals surface area contributed by atoms with Gasteiger partial charge in [-0.2, -0.15) is 0 Å². The van der Waals surface area contributed by atoms with Gasteiger partial charge in [0.05, 0.1) is 0 Å². The van der Waals surface area contributed by atoms with Crippen LogP contribution in [0.1, 0.15) is 24.8 Å². The Morgan fingerprint density at radius 3 is 3.06 bits per heavy atom. The Balaban J connectivity index is 1.52. The molecule has 17 heavy (non-hydrogen) atoms. The molecule has 3 nitrogen and oxygen atoms in total. The second kappa shape index (κ2) is 4.75. The van der Waals surface area contributed by atoms with Crippen molar-refractivity contribution in [2.45, 2.75) is 37.9 Å². The Morgan fingerprint density at radius 1 is 1.47 bits per heavy atom. The highest BCUT2D eigenvalue weighted by atomic mass is 15.1. The predicted molar refractivity (Wildman–Crippen MR) is 68.6 cm³/mol. The van der Waals surface area contributed by atoms with Crippen molar-refractivity contribution in [2.75, 3.05) is 13.6 Å². The smallest absolute Gasteiger partial charge is 0.0312 e. The molecule has 2 fully saturated rings. The summed E-state index contributed by atoms with van der Waals surface area (Å²) < 4.78 is 0. The third kappa shape index (κ3) is 2.50. The SMILES string of the molecule is CN(Cc1cccnc1)CC1CC2CCC1N2. The van der Waals surface area contributed by atoms with Crippen LogP contribution in [0.5, 0.6) is 0 Å².